The molecular weight excluding hydrogens is 324 g/mol. The van der Waals surface area contributed by atoms with Crippen molar-refractivity contribution in [3.05, 3.63) is 89.2 Å². The average Bonchev–Trinajstić information content (AvgIpc) is 2.67. The molecule has 26 heavy (non-hydrogen) atoms. The normalized spacial score (nSPS) is 10.0. The van der Waals surface area contributed by atoms with Crippen molar-refractivity contribution in [2.45, 2.75) is 13.5 Å². The van der Waals surface area contributed by atoms with Crippen LogP contribution in [-0.2, 0) is 6.54 Å². The topological polar surface area (TPSA) is 77.8 Å². The van der Waals surface area contributed by atoms with E-state index >= 15 is 0 Å². The maximum absolute atomic E-state index is 12.3. The quantitative estimate of drug-likeness (QED) is 0.731. The second kappa shape index (κ2) is 7.95. The molecule has 2 N–H and O–H groups in total. The van der Waals surface area contributed by atoms with Crippen molar-refractivity contribution in [3.63, 3.8) is 0 Å². The summed E-state index contributed by atoms with van der Waals surface area (Å²) in [5.41, 5.74) is 4.41. The van der Waals surface area contributed by atoms with Crippen molar-refractivity contribution in [2.24, 2.45) is 0 Å². The molecule has 0 unspecified atom stereocenters. The molecule has 0 aliphatic rings. The molecule has 0 fully saturated rings. The zero-order valence-electron chi connectivity index (χ0n) is 14.4. The molecule has 5 nitrogen and oxygen atoms in total. The Hall–Kier alpha value is -3.65. The molecule has 0 aliphatic carbocycles. The van der Waals surface area contributed by atoms with Gasteiger partial charge in [0.2, 0.25) is 0 Å². The number of para-hydroxylation sites is 1. The van der Waals surface area contributed by atoms with Gasteiger partial charge < -0.3 is 10.6 Å². The predicted molar refractivity (Wildman–Crippen MR) is 102 cm³/mol. The number of amides is 1. The monoisotopic (exact) mass is 342 g/mol. The van der Waals surface area contributed by atoms with Gasteiger partial charge in [0.15, 0.2) is 0 Å². The third-order valence-electron chi connectivity index (χ3n) is 3.87. The number of nitrogens with zero attached hydrogens (tertiary/aromatic N) is 2. The number of nitriles is 1. The molecule has 3 rings (SSSR count). The van der Waals surface area contributed by atoms with Crippen LogP contribution >= 0.6 is 0 Å². The lowest BCUT2D eigenvalue weighted by atomic mass is 10.1. The Labute approximate surface area is 152 Å². The zero-order chi connectivity index (χ0) is 18.4. The third kappa shape index (κ3) is 4.25. The van der Waals surface area contributed by atoms with Crippen LogP contribution in [0.3, 0.4) is 0 Å². The second-order valence-electron chi connectivity index (χ2n) is 5.89. The number of anilines is 2. The summed E-state index contributed by atoms with van der Waals surface area (Å²) in [6.45, 7) is 2.74. The van der Waals surface area contributed by atoms with Gasteiger partial charge in [-0.05, 0) is 36.8 Å². The van der Waals surface area contributed by atoms with E-state index in [-0.39, 0.29) is 5.91 Å². The molecular formula is C21H18N4O. The van der Waals surface area contributed by atoms with Crippen LogP contribution in [0.1, 0.15) is 27.2 Å². The Morgan fingerprint density at radius 3 is 2.69 bits per heavy atom. The van der Waals surface area contributed by atoms with Crippen LogP contribution in [-0.4, -0.2) is 10.9 Å². The first kappa shape index (κ1) is 17.2. The maximum atomic E-state index is 12.3. The van der Waals surface area contributed by atoms with Gasteiger partial charge in [-0.1, -0.05) is 42.0 Å². The number of nitrogens with one attached hydrogen (secondary N) is 2. The fourth-order valence-corrected chi connectivity index (χ4v) is 2.53. The second-order valence-corrected chi connectivity index (χ2v) is 5.89. The van der Waals surface area contributed by atoms with Crippen molar-refractivity contribution in [2.75, 3.05) is 10.6 Å². The highest BCUT2D eigenvalue weighted by Crippen LogP contribution is 2.15. The molecule has 128 valence electrons. The lowest BCUT2D eigenvalue weighted by Gasteiger charge is -2.09. The van der Waals surface area contributed by atoms with Crippen LogP contribution in [0, 0.1) is 18.3 Å². The molecule has 3 aromatic rings. The highest BCUT2D eigenvalue weighted by Gasteiger charge is 2.10. The molecule has 1 amide bonds. The van der Waals surface area contributed by atoms with Gasteiger partial charge in [0.05, 0.1) is 23.1 Å². The molecule has 5 heteroatoms. The molecule has 0 bridgehead atoms. The van der Waals surface area contributed by atoms with E-state index in [2.05, 4.69) is 46.8 Å². The number of hydrogen-bond donors (Lipinski definition) is 2. The van der Waals surface area contributed by atoms with Gasteiger partial charge >= 0.3 is 0 Å². The van der Waals surface area contributed by atoms with Gasteiger partial charge in [-0.15, -0.1) is 0 Å². The van der Waals surface area contributed by atoms with Crippen LogP contribution in [0.5, 0.6) is 0 Å². The van der Waals surface area contributed by atoms with Crippen LogP contribution < -0.4 is 10.6 Å². The summed E-state index contributed by atoms with van der Waals surface area (Å²) in [5.74, 6) is -0.349. The minimum Gasteiger partial charge on any atom is -0.380 e. The van der Waals surface area contributed by atoms with E-state index in [0.717, 1.165) is 5.69 Å². The molecule has 1 heterocycles. The molecule has 0 saturated carbocycles. The van der Waals surface area contributed by atoms with Gasteiger partial charge in [-0.25, -0.2) is 4.98 Å². The van der Waals surface area contributed by atoms with Crippen molar-refractivity contribution < 1.29 is 4.79 Å². The molecule has 1 aromatic heterocycles. The molecule has 0 radical (unpaired) electrons. The predicted octanol–water partition coefficient (Wildman–Crippen LogP) is 4.13. The third-order valence-corrected chi connectivity index (χ3v) is 3.87. The van der Waals surface area contributed by atoms with E-state index in [1.54, 1.807) is 36.5 Å². The van der Waals surface area contributed by atoms with Gasteiger partial charge in [0.1, 0.15) is 11.8 Å². The van der Waals surface area contributed by atoms with Gasteiger partial charge in [-0.2, -0.15) is 5.26 Å². The Morgan fingerprint density at radius 1 is 1.12 bits per heavy atom. The highest BCUT2D eigenvalue weighted by atomic mass is 16.1. The first-order valence-electron chi connectivity index (χ1n) is 8.21. The summed E-state index contributed by atoms with van der Waals surface area (Å²) < 4.78 is 0. The van der Waals surface area contributed by atoms with Gasteiger partial charge in [0, 0.05) is 6.54 Å². The molecule has 0 atom stereocenters. The first-order chi connectivity index (χ1) is 12.7. The van der Waals surface area contributed by atoms with Crippen LogP contribution in [0.2, 0.25) is 0 Å². The van der Waals surface area contributed by atoms with E-state index in [1.807, 2.05) is 12.1 Å². The standard InChI is InChI=1S/C21H18N4O/c1-15-5-4-6-16(11-15)13-23-18-9-10-20(24-14-18)21(26)25-19-8-3-2-7-17(19)12-22/h2-11,14,23H,13H2,1H3,(H,25,26). The Kier molecular flexibility index (Phi) is 5.25. The number of rotatable bonds is 5. The van der Waals surface area contributed by atoms with Crippen molar-refractivity contribution in [1.29, 1.82) is 5.26 Å². The van der Waals surface area contributed by atoms with E-state index in [9.17, 15) is 4.79 Å². The minimum atomic E-state index is -0.349. The summed E-state index contributed by atoms with van der Waals surface area (Å²) in [6, 6.07) is 20.6. The number of pyridine rings is 1. The number of hydrogen-bond acceptors (Lipinski definition) is 4. The molecule has 0 saturated heterocycles. The van der Waals surface area contributed by atoms with E-state index in [4.69, 9.17) is 5.26 Å². The Bertz CT molecular complexity index is 958. The number of benzene rings is 2. The number of carbonyl (C=O) groups is 1. The fraction of sp³-hybridized carbons (Fsp3) is 0.0952. The lowest BCUT2D eigenvalue weighted by Crippen LogP contribution is -2.14. The zero-order valence-corrected chi connectivity index (χ0v) is 14.4. The van der Waals surface area contributed by atoms with Gasteiger partial charge in [-0.3, -0.25) is 4.79 Å². The van der Waals surface area contributed by atoms with E-state index < -0.39 is 0 Å². The molecule has 2 aromatic carbocycles. The first-order valence-corrected chi connectivity index (χ1v) is 8.21. The van der Waals surface area contributed by atoms with Gasteiger partial charge in [0.25, 0.3) is 5.91 Å². The Morgan fingerprint density at radius 2 is 1.96 bits per heavy atom. The Balaban J connectivity index is 1.63. The lowest BCUT2D eigenvalue weighted by molar-refractivity contribution is 0.102. The summed E-state index contributed by atoms with van der Waals surface area (Å²) in [5, 5.41) is 15.1. The van der Waals surface area contributed by atoms with Crippen molar-refractivity contribution in [3.8, 4) is 6.07 Å². The average molecular weight is 342 g/mol. The summed E-state index contributed by atoms with van der Waals surface area (Å²) >= 11 is 0. The molecule has 0 spiro atoms. The smallest absolute Gasteiger partial charge is 0.274 e. The summed E-state index contributed by atoms with van der Waals surface area (Å²) in [6.07, 6.45) is 1.63. The fourth-order valence-electron chi connectivity index (χ4n) is 2.53. The van der Waals surface area contributed by atoms with Crippen LogP contribution in [0.25, 0.3) is 0 Å². The minimum absolute atomic E-state index is 0.291. The summed E-state index contributed by atoms with van der Waals surface area (Å²) in [7, 11) is 0. The largest absolute Gasteiger partial charge is 0.380 e. The number of aryl methyl sites for hydroxylation is 1. The van der Waals surface area contributed by atoms with E-state index in [1.165, 1.54) is 11.1 Å². The van der Waals surface area contributed by atoms with E-state index in [0.29, 0.717) is 23.5 Å². The maximum Gasteiger partial charge on any atom is 0.274 e. The number of carbonyl (C=O) groups excluding carboxylic acids is 1. The summed E-state index contributed by atoms with van der Waals surface area (Å²) in [4.78, 5) is 16.5. The number of aromatic nitrogens is 1. The molecule has 0 aliphatic heterocycles. The van der Waals surface area contributed by atoms with Crippen molar-refractivity contribution in [1.82, 2.24) is 4.98 Å². The van der Waals surface area contributed by atoms with Crippen LogP contribution in [0.4, 0.5) is 11.4 Å². The SMILES string of the molecule is Cc1cccc(CNc2ccc(C(=O)Nc3ccccc3C#N)nc2)c1. The highest BCUT2D eigenvalue weighted by molar-refractivity contribution is 6.03. The van der Waals surface area contributed by atoms with Crippen LogP contribution in [0.15, 0.2) is 66.9 Å². The van der Waals surface area contributed by atoms with Crippen molar-refractivity contribution >= 4 is 17.3 Å².